The maximum Gasteiger partial charge on any atom is 0.356 e. The summed E-state index contributed by atoms with van der Waals surface area (Å²) in [6.45, 7) is 3.98. The van der Waals surface area contributed by atoms with Crippen LogP contribution >= 0.6 is 11.3 Å². The van der Waals surface area contributed by atoms with Crippen LogP contribution in [-0.4, -0.2) is 31.1 Å². The van der Waals surface area contributed by atoms with E-state index in [2.05, 4.69) is 15.3 Å². The monoisotopic (exact) mass is 376 g/mol. The van der Waals surface area contributed by atoms with E-state index in [-0.39, 0.29) is 5.69 Å². The number of nitrogens with zero attached hydrogens (tertiary/aromatic N) is 4. The van der Waals surface area contributed by atoms with Crippen LogP contribution in [-0.2, 0) is 0 Å². The fraction of sp³-hybridized carbons (Fsp3) is 0.100. The molecule has 0 unspecified atom stereocenters. The van der Waals surface area contributed by atoms with Gasteiger partial charge in [-0.15, -0.1) is 10.2 Å². The molecule has 0 spiro atoms. The van der Waals surface area contributed by atoms with Gasteiger partial charge in [-0.2, -0.15) is 5.10 Å². The molecule has 0 radical (unpaired) electrons. The van der Waals surface area contributed by atoms with E-state index >= 15 is 0 Å². The van der Waals surface area contributed by atoms with Gasteiger partial charge in [0.1, 0.15) is 10.7 Å². The Morgan fingerprint density at radius 2 is 1.78 bits per heavy atom. The van der Waals surface area contributed by atoms with Crippen LogP contribution in [0.4, 0.5) is 0 Å². The van der Waals surface area contributed by atoms with Gasteiger partial charge in [-0.25, -0.2) is 9.48 Å². The van der Waals surface area contributed by atoms with Gasteiger partial charge < -0.3 is 5.11 Å². The third-order valence-corrected chi connectivity index (χ3v) is 5.18. The van der Waals surface area contributed by atoms with Gasteiger partial charge in [-0.1, -0.05) is 53.3 Å². The van der Waals surface area contributed by atoms with E-state index in [1.165, 1.54) is 17.4 Å². The van der Waals surface area contributed by atoms with Crippen LogP contribution in [0.25, 0.3) is 27.0 Å². The smallest absolute Gasteiger partial charge is 0.356 e. The second-order valence-electron chi connectivity index (χ2n) is 6.20. The minimum Gasteiger partial charge on any atom is -0.476 e. The van der Waals surface area contributed by atoms with Gasteiger partial charge in [0, 0.05) is 11.6 Å². The molecule has 2 aromatic carbocycles. The number of benzene rings is 2. The Kier molecular flexibility index (Phi) is 4.29. The molecule has 0 aliphatic carbocycles. The number of carboxylic acid groups (broad SMARTS) is 1. The third-order valence-electron chi connectivity index (χ3n) is 4.18. The summed E-state index contributed by atoms with van der Waals surface area (Å²) in [5, 5.41) is 23.7. The van der Waals surface area contributed by atoms with E-state index in [9.17, 15) is 9.90 Å². The first-order valence-electron chi connectivity index (χ1n) is 8.33. The Morgan fingerprint density at radius 1 is 1.00 bits per heavy atom. The van der Waals surface area contributed by atoms with Crippen LogP contribution in [0.5, 0.6) is 0 Å². The van der Waals surface area contributed by atoms with E-state index < -0.39 is 5.97 Å². The summed E-state index contributed by atoms with van der Waals surface area (Å²) >= 11 is 1.41. The van der Waals surface area contributed by atoms with Crippen molar-refractivity contribution in [3.05, 3.63) is 71.4 Å². The van der Waals surface area contributed by atoms with E-state index in [1.54, 1.807) is 4.68 Å². The topological polar surface area (TPSA) is 80.9 Å². The lowest BCUT2D eigenvalue weighted by atomic mass is 10.1. The number of hydrogen-bond acceptors (Lipinski definition) is 5. The van der Waals surface area contributed by atoms with Crippen molar-refractivity contribution in [2.45, 2.75) is 13.8 Å². The average Bonchev–Trinajstić information content (AvgIpc) is 3.29. The molecule has 0 saturated heterocycles. The molecular weight excluding hydrogens is 360 g/mol. The highest BCUT2D eigenvalue weighted by molar-refractivity contribution is 7.17. The van der Waals surface area contributed by atoms with Gasteiger partial charge in [-0.3, -0.25) is 0 Å². The molecule has 0 saturated carbocycles. The van der Waals surface area contributed by atoms with Crippen molar-refractivity contribution < 1.29 is 9.90 Å². The van der Waals surface area contributed by atoms with Crippen molar-refractivity contribution in [2.24, 2.45) is 0 Å². The number of carbonyl (C=O) groups is 1. The highest BCUT2D eigenvalue weighted by Crippen LogP contribution is 2.32. The molecule has 4 aromatic rings. The molecule has 134 valence electrons. The summed E-state index contributed by atoms with van der Waals surface area (Å²) in [5.41, 5.74) is 4.51. The zero-order valence-corrected chi connectivity index (χ0v) is 15.6. The minimum absolute atomic E-state index is 0.0273. The summed E-state index contributed by atoms with van der Waals surface area (Å²) in [6.07, 6.45) is 0. The molecule has 0 fully saturated rings. The normalized spacial score (nSPS) is 10.9. The molecule has 0 bridgehead atoms. The minimum atomic E-state index is -1.08. The Bertz CT molecular complexity index is 1150. The van der Waals surface area contributed by atoms with Gasteiger partial charge in [0.05, 0.1) is 5.69 Å². The molecule has 2 aromatic heterocycles. The second-order valence-corrected chi connectivity index (χ2v) is 7.18. The van der Waals surface area contributed by atoms with Crippen LogP contribution in [0.15, 0.2) is 54.6 Å². The maximum absolute atomic E-state index is 11.5. The standard InChI is InChI=1S/C20H16N4O2S/c1-12-6-5-8-14(10-12)18-21-22-19(27-18)17-11-15(20(25)26)23-24(17)16-9-4-3-7-13(16)2/h3-11H,1-2H3,(H,25,26). The van der Waals surface area contributed by atoms with Gasteiger partial charge in [0.25, 0.3) is 0 Å². The number of aromatic nitrogens is 4. The maximum atomic E-state index is 11.5. The quantitative estimate of drug-likeness (QED) is 0.572. The Morgan fingerprint density at radius 3 is 2.52 bits per heavy atom. The van der Waals surface area contributed by atoms with Crippen LogP contribution in [0.3, 0.4) is 0 Å². The first-order chi connectivity index (χ1) is 13.0. The van der Waals surface area contributed by atoms with E-state index in [1.807, 2.05) is 62.4 Å². The zero-order valence-electron chi connectivity index (χ0n) is 14.7. The Hall–Kier alpha value is -3.32. The molecule has 4 rings (SSSR count). The van der Waals surface area contributed by atoms with Crippen LogP contribution < -0.4 is 0 Å². The van der Waals surface area contributed by atoms with Crippen molar-refractivity contribution in [1.29, 1.82) is 0 Å². The molecule has 6 nitrogen and oxygen atoms in total. The predicted molar refractivity (Wildman–Crippen MR) is 104 cm³/mol. The fourth-order valence-electron chi connectivity index (χ4n) is 2.84. The average molecular weight is 376 g/mol. The van der Waals surface area contributed by atoms with E-state index in [0.717, 1.165) is 27.4 Å². The number of aromatic carboxylic acids is 1. The largest absolute Gasteiger partial charge is 0.476 e. The second kappa shape index (κ2) is 6.77. The summed E-state index contributed by atoms with van der Waals surface area (Å²) in [5.74, 6) is -1.08. The zero-order chi connectivity index (χ0) is 19.0. The number of para-hydroxylation sites is 1. The SMILES string of the molecule is Cc1cccc(-c2nnc(-c3cc(C(=O)O)nn3-c3ccccc3C)s2)c1. The summed E-state index contributed by atoms with van der Waals surface area (Å²) in [7, 11) is 0. The number of carboxylic acids is 1. The summed E-state index contributed by atoms with van der Waals surface area (Å²) < 4.78 is 1.62. The third kappa shape index (κ3) is 3.24. The number of aryl methyl sites for hydroxylation is 2. The van der Waals surface area contributed by atoms with Crippen LogP contribution in [0, 0.1) is 13.8 Å². The first-order valence-corrected chi connectivity index (χ1v) is 9.15. The molecule has 2 heterocycles. The van der Waals surface area contributed by atoms with Crippen molar-refractivity contribution in [1.82, 2.24) is 20.0 Å². The molecule has 27 heavy (non-hydrogen) atoms. The lowest BCUT2D eigenvalue weighted by Crippen LogP contribution is -2.03. The van der Waals surface area contributed by atoms with E-state index in [4.69, 9.17) is 0 Å². The molecule has 0 aliphatic heterocycles. The molecule has 0 amide bonds. The van der Waals surface area contributed by atoms with E-state index in [0.29, 0.717) is 10.7 Å². The van der Waals surface area contributed by atoms with Crippen molar-refractivity contribution in [3.8, 4) is 27.0 Å². The van der Waals surface area contributed by atoms with Gasteiger partial charge in [0.2, 0.25) is 0 Å². The first kappa shape index (κ1) is 17.1. The van der Waals surface area contributed by atoms with Gasteiger partial charge in [-0.05, 0) is 31.5 Å². The summed E-state index contributed by atoms with van der Waals surface area (Å²) in [6, 6.07) is 17.3. The van der Waals surface area contributed by atoms with Crippen LogP contribution in [0.2, 0.25) is 0 Å². The number of rotatable bonds is 4. The Labute approximate surface area is 159 Å². The van der Waals surface area contributed by atoms with Crippen molar-refractivity contribution in [3.63, 3.8) is 0 Å². The fourth-order valence-corrected chi connectivity index (χ4v) is 3.69. The lowest BCUT2D eigenvalue weighted by molar-refractivity contribution is 0.0690. The molecular formula is C20H16N4O2S. The molecule has 1 N–H and O–H groups in total. The number of hydrogen-bond donors (Lipinski definition) is 1. The van der Waals surface area contributed by atoms with Gasteiger partial charge in [0.15, 0.2) is 10.7 Å². The molecule has 0 atom stereocenters. The molecule has 7 heteroatoms. The Balaban J connectivity index is 1.85. The molecule has 0 aliphatic rings. The summed E-state index contributed by atoms with van der Waals surface area (Å²) in [4.78, 5) is 11.5. The van der Waals surface area contributed by atoms with Gasteiger partial charge >= 0.3 is 5.97 Å². The predicted octanol–water partition coefficient (Wildman–Crippen LogP) is 4.37. The van der Waals surface area contributed by atoms with Crippen molar-refractivity contribution >= 4 is 17.3 Å². The highest BCUT2D eigenvalue weighted by Gasteiger charge is 2.20. The lowest BCUT2D eigenvalue weighted by Gasteiger charge is -2.08. The van der Waals surface area contributed by atoms with Crippen LogP contribution in [0.1, 0.15) is 21.6 Å². The van der Waals surface area contributed by atoms with Crippen molar-refractivity contribution in [2.75, 3.05) is 0 Å². The highest BCUT2D eigenvalue weighted by atomic mass is 32.1.